The fourth-order valence-corrected chi connectivity index (χ4v) is 3.51. The summed E-state index contributed by atoms with van der Waals surface area (Å²) >= 11 is 0. The van der Waals surface area contributed by atoms with Crippen molar-refractivity contribution in [1.82, 2.24) is 4.90 Å². The van der Waals surface area contributed by atoms with E-state index in [2.05, 4.69) is 4.90 Å². The van der Waals surface area contributed by atoms with Gasteiger partial charge in [-0.25, -0.2) is 0 Å². The first kappa shape index (κ1) is 17.0. The number of β-amino-alcohol motifs (C(OH)–C–C–N with tert-alkyl or cyclic N) is 1. The Morgan fingerprint density at radius 1 is 1.08 bits per heavy atom. The number of hydrogen-bond donors (Lipinski definition) is 3. The molecule has 0 spiro atoms. The minimum absolute atomic E-state index is 0.0978. The Balaban J connectivity index is 1.64. The number of hydrogen-bond acceptors (Lipinski definition) is 4. The summed E-state index contributed by atoms with van der Waals surface area (Å²) in [5.74, 6) is 0.192. The lowest BCUT2D eigenvalue weighted by Crippen LogP contribution is -2.41. The summed E-state index contributed by atoms with van der Waals surface area (Å²) in [5, 5.41) is 30.9. The van der Waals surface area contributed by atoms with Crippen molar-refractivity contribution in [2.24, 2.45) is 0 Å². The monoisotopic (exact) mass is 327 g/mol. The summed E-state index contributed by atoms with van der Waals surface area (Å²) in [6.45, 7) is 3.30. The molecule has 0 bridgehead atoms. The maximum absolute atomic E-state index is 10.9. The molecule has 1 heterocycles. The smallest absolute Gasteiger partial charge is 0.115 e. The molecule has 1 saturated heterocycles. The van der Waals surface area contributed by atoms with Gasteiger partial charge < -0.3 is 15.3 Å². The van der Waals surface area contributed by atoms with Crippen molar-refractivity contribution in [1.29, 1.82) is 0 Å². The van der Waals surface area contributed by atoms with Crippen molar-refractivity contribution in [3.8, 4) is 5.75 Å². The first-order chi connectivity index (χ1) is 11.5. The van der Waals surface area contributed by atoms with Gasteiger partial charge in [-0.1, -0.05) is 42.5 Å². The van der Waals surface area contributed by atoms with E-state index in [0.29, 0.717) is 19.4 Å². The highest BCUT2D eigenvalue weighted by Gasteiger charge is 2.39. The third kappa shape index (κ3) is 3.78. The molecule has 0 aromatic heterocycles. The minimum Gasteiger partial charge on any atom is -0.508 e. The fraction of sp³-hybridized carbons (Fsp3) is 0.400. The molecule has 0 saturated carbocycles. The lowest BCUT2D eigenvalue weighted by molar-refractivity contribution is 0.0241. The van der Waals surface area contributed by atoms with Gasteiger partial charge in [-0.05, 0) is 36.6 Å². The number of phenolic OH excluding ortho intramolecular Hbond substituents is 1. The van der Waals surface area contributed by atoms with Crippen LogP contribution in [0.2, 0.25) is 0 Å². The summed E-state index contributed by atoms with van der Waals surface area (Å²) < 4.78 is 0. The van der Waals surface area contributed by atoms with Crippen molar-refractivity contribution < 1.29 is 15.3 Å². The molecule has 1 unspecified atom stereocenters. The molecule has 1 fully saturated rings. The van der Waals surface area contributed by atoms with Crippen LogP contribution in [0.15, 0.2) is 54.6 Å². The molecular formula is C20H25NO3. The lowest BCUT2D eigenvalue weighted by Gasteiger charge is -2.30. The molecule has 3 rings (SSSR count). The molecule has 0 aliphatic carbocycles. The molecule has 0 amide bonds. The number of phenols is 1. The second-order valence-electron chi connectivity index (χ2n) is 6.88. The third-order valence-corrected chi connectivity index (χ3v) is 5.01. The highest BCUT2D eigenvalue weighted by molar-refractivity contribution is 5.28. The van der Waals surface area contributed by atoms with E-state index in [1.54, 1.807) is 24.3 Å². The molecule has 4 nitrogen and oxygen atoms in total. The van der Waals surface area contributed by atoms with E-state index in [-0.39, 0.29) is 11.8 Å². The molecule has 128 valence electrons. The van der Waals surface area contributed by atoms with Crippen molar-refractivity contribution >= 4 is 0 Å². The van der Waals surface area contributed by atoms with Gasteiger partial charge in [-0.3, -0.25) is 4.90 Å². The van der Waals surface area contributed by atoms with Crippen LogP contribution in [0.4, 0.5) is 0 Å². The number of benzene rings is 2. The van der Waals surface area contributed by atoms with E-state index in [1.807, 2.05) is 37.3 Å². The first-order valence-electron chi connectivity index (χ1n) is 8.44. The molecule has 2 aromatic rings. The molecule has 24 heavy (non-hydrogen) atoms. The molecule has 0 radical (unpaired) electrons. The van der Waals surface area contributed by atoms with E-state index >= 15 is 0 Å². The lowest BCUT2D eigenvalue weighted by atomic mass is 9.94. The van der Waals surface area contributed by atoms with Gasteiger partial charge in [-0.2, -0.15) is 0 Å². The highest BCUT2D eigenvalue weighted by atomic mass is 16.3. The Bertz CT molecular complexity index is 658. The van der Waals surface area contributed by atoms with Gasteiger partial charge >= 0.3 is 0 Å². The zero-order chi connectivity index (χ0) is 17.2. The SMILES string of the molecule is C[C@H]([C@@H](O)c1ccc(O)cc1)N1CCC(O)(Cc2ccccc2)C1. The van der Waals surface area contributed by atoms with Crippen LogP contribution < -0.4 is 0 Å². The minimum atomic E-state index is -0.746. The molecule has 4 heteroatoms. The van der Waals surface area contributed by atoms with E-state index < -0.39 is 11.7 Å². The van der Waals surface area contributed by atoms with Gasteiger partial charge in [-0.15, -0.1) is 0 Å². The van der Waals surface area contributed by atoms with Crippen LogP contribution in [0.1, 0.15) is 30.6 Å². The number of rotatable bonds is 5. The normalized spacial score (nSPS) is 24.0. The maximum atomic E-state index is 10.9. The largest absolute Gasteiger partial charge is 0.508 e. The third-order valence-electron chi connectivity index (χ3n) is 5.01. The van der Waals surface area contributed by atoms with E-state index in [0.717, 1.165) is 17.7 Å². The van der Waals surface area contributed by atoms with Crippen LogP contribution in [-0.4, -0.2) is 45.0 Å². The Morgan fingerprint density at radius 3 is 2.42 bits per heavy atom. The number of aliphatic hydroxyl groups is 2. The first-order valence-corrected chi connectivity index (χ1v) is 8.44. The van der Waals surface area contributed by atoms with Gasteiger partial charge in [0.1, 0.15) is 5.75 Å². The summed E-state index contributed by atoms with van der Waals surface area (Å²) in [6, 6.07) is 16.6. The second kappa shape index (κ2) is 6.93. The van der Waals surface area contributed by atoms with Gasteiger partial charge in [0.2, 0.25) is 0 Å². The Kier molecular flexibility index (Phi) is 4.90. The predicted molar refractivity (Wildman–Crippen MR) is 93.8 cm³/mol. The van der Waals surface area contributed by atoms with E-state index in [1.165, 1.54) is 0 Å². The van der Waals surface area contributed by atoms with Crippen molar-refractivity contribution in [3.63, 3.8) is 0 Å². The summed E-state index contributed by atoms with van der Waals surface area (Å²) in [6.07, 6.45) is 0.686. The fourth-order valence-electron chi connectivity index (χ4n) is 3.51. The van der Waals surface area contributed by atoms with Crippen molar-refractivity contribution in [2.75, 3.05) is 13.1 Å². The van der Waals surface area contributed by atoms with Gasteiger partial charge in [0.15, 0.2) is 0 Å². The summed E-state index contributed by atoms with van der Waals surface area (Å²) in [7, 11) is 0. The molecular weight excluding hydrogens is 302 g/mol. The van der Waals surface area contributed by atoms with Crippen LogP contribution in [-0.2, 0) is 6.42 Å². The molecule has 1 aliphatic rings. The van der Waals surface area contributed by atoms with Crippen LogP contribution >= 0.6 is 0 Å². The molecule has 3 N–H and O–H groups in total. The zero-order valence-corrected chi connectivity index (χ0v) is 14.0. The average Bonchev–Trinajstić information content (AvgIpc) is 2.97. The Labute approximate surface area is 143 Å². The standard InChI is InChI=1S/C20H25NO3/c1-15(19(23)17-7-9-18(22)10-8-17)21-12-11-20(24,14-21)13-16-5-3-2-4-6-16/h2-10,15,19,22-24H,11-14H2,1H3/t15-,19-,20?/m1/s1. The van der Waals surface area contributed by atoms with Gasteiger partial charge in [0.25, 0.3) is 0 Å². The Morgan fingerprint density at radius 2 is 1.75 bits per heavy atom. The number of likely N-dealkylation sites (tertiary alicyclic amines) is 1. The van der Waals surface area contributed by atoms with Crippen molar-refractivity contribution in [3.05, 3.63) is 65.7 Å². The topological polar surface area (TPSA) is 63.9 Å². The summed E-state index contributed by atoms with van der Waals surface area (Å²) in [4.78, 5) is 2.14. The van der Waals surface area contributed by atoms with Gasteiger partial charge in [0, 0.05) is 25.6 Å². The zero-order valence-electron chi connectivity index (χ0n) is 14.0. The number of aromatic hydroxyl groups is 1. The van der Waals surface area contributed by atoms with E-state index in [4.69, 9.17) is 0 Å². The highest BCUT2D eigenvalue weighted by Crippen LogP contribution is 2.31. The predicted octanol–water partition coefficient (Wildman–Crippen LogP) is 2.49. The molecule has 3 atom stereocenters. The van der Waals surface area contributed by atoms with Crippen LogP contribution in [0.3, 0.4) is 0 Å². The molecule has 1 aliphatic heterocycles. The van der Waals surface area contributed by atoms with Crippen molar-refractivity contribution in [2.45, 2.75) is 37.5 Å². The van der Waals surface area contributed by atoms with Crippen LogP contribution in [0.5, 0.6) is 5.75 Å². The summed E-state index contributed by atoms with van der Waals surface area (Å²) in [5.41, 5.74) is 1.16. The van der Waals surface area contributed by atoms with Crippen LogP contribution in [0, 0.1) is 0 Å². The van der Waals surface area contributed by atoms with Gasteiger partial charge in [0.05, 0.1) is 11.7 Å². The maximum Gasteiger partial charge on any atom is 0.115 e. The quantitative estimate of drug-likeness (QED) is 0.789. The second-order valence-corrected chi connectivity index (χ2v) is 6.88. The average molecular weight is 327 g/mol. The molecule has 2 aromatic carbocycles. The number of aliphatic hydroxyl groups excluding tert-OH is 1. The number of nitrogens with zero attached hydrogens (tertiary/aromatic N) is 1. The Hall–Kier alpha value is -1.88. The van der Waals surface area contributed by atoms with Crippen LogP contribution in [0.25, 0.3) is 0 Å². The van der Waals surface area contributed by atoms with E-state index in [9.17, 15) is 15.3 Å².